The number of carbonyl (C=O) groups excluding carboxylic acids is 3. The van der Waals surface area contributed by atoms with Crippen LogP contribution in [0.4, 0.5) is 4.39 Å². The lowest BCUT2D eigenvalue weighted by Crippen LogP contribution is -2.37. The predicted molar refractivity (Wildman–Crippen MR) is 102 cm³/mol. The van der Waals surface area contributed by atoms with Crippen LogP contribution in [0.15, 0.2) is 48.5 Å². The molecule has 0 aliphatic carbocycles. The molecule has 0 radical (unpaired) electrons. The standard InChI is InChI=1S/C21H23FN2O4/c1-13(17-8-10-19(22)11-9-17)24-20(26)14(2)28-21(27)18-6-4-16(5-7-18)12-23-15(3)25/h4-11,13-14H,12H2,1-3H3,(H,23,25)(H,24,26). The van der Waals surface area contributed by atoms with Crippen molar-refractivity contribution >= 4 is 17.8 Å². The smallest absolute Gasteiger partial charge is 0.338 e. The number of nitrogens with one attached hydrogen (secondary N) is 2. The molecule has 148 valence electrons. The molecule has 6 nitrogen and oxygen atoms in total. The lowest BCUT2D eigenvalue weighted by atomic mass is 10.1. The molecule has 0 saturated carbocycles. The Bertz CT molecular complexity index is 834. The van der Waals surface area contributed by atoms with Crippen molar-refractivity contribution in [2.24, 2.45) is 0 Å². The SMILES string of the molecule is CC(=O)NCc1ccc(C(=O)OC(C)C(=O)NC(C)c2ccc(F)cc2)cc1. The first-order valence-corrected chi connectivity index (χ1v) is 8.86. The van der Waals surface area contributed by atoms with Crippen LogP contribution in [0.1, 0.15) is 48.3 Å². The van der Waals surface area contributed by atoms with E-state index >= 15 is 0 Å². The topological polar surface area (TPSA) is 84.5 Å². The first kappa shape index (κ1) is 21.1. The summed E-state index contributed by atoms with van der Waals surface area (Å²) in [6.45, 7) is 5.03. The number of esters is 1. The minimum Gasteiger partial charge on any atom is -0.449 e. The van der Waals surface area contributed by atoms with E-state index in [1.54, 1.807) is 43.3 Å². The Kier molecular flexibility index (Phi) is 7.26. The van der Waals surface area contributed by atoms with E-state index in [0.29, 0.717) is 12.1 Å². The first-order chi connectivity index (χ1) is 13.3. The van der Waals surface area contributed by atoms with E-state index < -0.39 is 18.0 Å². The van der Waals surface area contributed by atoms with E-state index in [9.17, 15) is 18.8 Å². The summed E-state index contributed by atoms with van der Waals surface area (Å²) >= 11 is 0. The van der Waals surface area contributed by atoms with Crippen LogP contribution in [-0.4, -0.2) is 23.9 Å². The average molecular weight is 386 g/mol. The zero-order chi connectivity index (χ0) is 20.7. The molecular formula is C21H23FN2O4. The number of ether oxygens (including phenoxy) is 1. The minimum atomic E-state index is -0.991. The minimum absolute atomic E-state index is 0.141. The summed E-state index contributed by atoms with van der Waals surface area (Å²) in [7, 11) is 0. The second-order valence-electron chi connectivity index (χ2n) is 6.44. The molecule has 2 rings (SSSR count). The van der Waals surface area contributed by atoms with E-state index in [-0.39, 0.29) is 17.8 Å². The zero-order valence-electron chi connectivity index (χ0n) is 16.0. The van der Waals surface area contributed by atoms with Gasteiger partial charge in [0.2, 0.25) is 5.91 Å². The number of rotatable bonds is 7. The molecule has 0 saturated heterocycles. The van der Waals surface area contributed by atoms with Crippen LogP contribution in [0.2, 0.25) is 0 Å². The van der Waals surface area contributed by atoms with Crippen LogP contribution in [0.5, 0.6) is 0 Å². The van der Waals surface area contributed by atoms with Crippen LogP contribution in [-0.2, 0) is 20.9 Å². The Balaban J connectivity index is 1.89. The fourth-order valence-electron chi connectivity index (χ4n) is 2.43. The van der Waals surface area contributed by atoms with Gasteiger partial charge in [0.15, 0.2) is 6.10 Å². The third-order valence-electron chi connectivity index (χ3n) is 4.11. The first-order valence-electron chi connectivity index (χ1n) is 8.86. The number of halogens is 1. The molecular weight excluding hydrogens is 363 g/mol. The molecule has 2 aromatic carbocycles. The van der Waals surface area contributed by atoms with Crippen molar-refractivity contribution in [2.45, 2.75) is 39.5 Å². The summed E-state index contributed by atoms with van der Waals surface area (Å²) < 4.78 is 18.2. The highest BCUT2D eigenvalue weighted by Crippen LogP contribution is 2.14. The Morgan fingerprint density at radius 1 is 1.00 bits per heavy atom. The van der Waals surface area contributed by atoms with E-state index in [1.165, 1.54) is 26.0 Å². The van der Waals surface area contributed by atoms with Gasteiger partial charge in [0, 0.05) is 13.5 Å². The summed E-state index contributed by atoms with van der Waals surface area (Å²) in [5.41, 5.74) is 1.88. The van der Waals surface area contributed by atoms with Crippen molar-refractivity contribution < 1.29 is 23.5 Å². The largest absolute Gasteiger partial charge is 0.449 e. The highest BCUT2D eigenvalue weighted by molar-refractivity contribution is 5.92. The van der Waals surface area contributed by atoms with Gasteiger partial charge in [-0.2, -0.15) is 0 Å². The van der Waals surface area contributed by atoms with Crippen molar-refractivity contribution in [1.29, 1.82) is 0 Å². The Morgan fingerprint density at radius 3 is 2.18 bits per heavy atom. The average Bonchev–Trinajstić information content (AvgIpc) is 2.67. The molecule has 0 heterocycles. The summed E-state index contributed by atoms with van der Waals surface area (Å²) in [6, 6.07) is 12.0. The number of carbonyl (C=O) groups is 3. The van der Waals surface area contributed by atoms with Crippen LogP contribution in [0, 0.1) is 5.82 Å². The van der Waals surface area contributed by atoms with Crippen LogP contribution in [0.3, 0.4) is 0 Å². The van der Waals surface area contributed by atoms with Gasteiger partial charge in [-0.3, -0.25) is 9.59 Å². The molecule has 2 amide bonds. The molecule has 2 atom stereocenters. The van der Waals surface area contributed by atoms with Gasteiger partial charge >= 0.3 is 5.97 Å². The molecule has 7 heteroatoms. The molecule has 2 unspecified atom stereocenters. The lowest BCUT2D eigenvalue weighted by Gasteiger charge is -2.18. The third-order valence-corrected chi connectivity index (χ3v) is 4.11. The Hall–Kier alpha value is -3.22. The fraction of sp³-hybridized carbons (Fsp3) is 0.286. The second kappa shape index (κ2) is 9.64. The van der Waals surface area contributed by atoms with Gasteiger partial charge in [0.1, 0.15) is 5.82 Å². The number of benzene rings is 2. The highest BCUT2D eigenvalue weighted by Gasteiger charge is 2.21. The van der Waals surface area contributed by atoms with E-state index in [2.05, 4.69) is 10.6 Å². The predicted octanol–water partition coefficient (Wildman–Crippen LogP) is 2.88. The summed E-state index contributed by atoms with van der Waals surface area (Å²) in [5.74, 6) is -1.57. The van der Waals surface area contributed by atoms with Gasteiger partial charge in [0.05, 0.1) is 11.6 Å². The molecule has 2 aromatic rings. The van der Waals surface area contributed by atoms with Crippen LogP contribution >= 0.6 is 0 Å². The van der Waals surface area contributed by atoms with Gasteiger partial charge in [-0.05, 0) is 49.2 Å². The van der Waals surface area contributed by atoms with Crippen molar-refractivity contribution in [3.63, 3.8) is 0 Å². The number of hydrogen-bond acceptors (Lipinski definition) is 4. The maximum atomic E-state index is 13.0. The maximum Gasteiger partial charge on any atom is 0.338 e. The molecule has 0 aliphatic heterocycles. The van der Waals surface area contributed by atoms with Crippen molar-refractivity contribution in [2.75, 3.05) is 0 Å². The third kappa shape index (κ3) is 6.19. The van der Waals surface area contributed by atoms with Gasteiger partial charge in [-0.25, -0.2) is 9.18 Å². The molecule has 0 bridgehead atoms. The van der Waals surface area contributed by atoms with E-state index in [1.807, 2.05) is 0 Å². The van der Waals surface area contributed by atoms with Crippen molar-refractivity contribution in [1.82, 2.24) is 10.6 Å². The maximum absolute atomic E-state index is 13.0. The molecule has 28 heavy (non-hydrogen) atoms. The summed E-state index contributed by atoms with van der Waals surface area (Å²) in [6.07, 6.45) is -0.991. The highest BCUT2D eigenvalue weighted by atomic mass is 19.1. The molecule has 2 N–H and O–H groups in total. The summed E-state index contributed by atoms with van der Waals surface area (Å²) in [5, 5.41) is 5.39. The van der Waals surface area contributed by atoms with Crippen molar-refractivity contribution in [3.8, 4) is 0 Å². The van der Waals surface area contributed by atoms with E-state index in [0.717, 1.165) is 11.1 Å². The normalized spacial score (nSPS) is 12.6. The molecule has 0 aromatic heterocycles. The number of amides is 2. The fourth-order valence-corrected chi connectivity index (χ4v) is 2.43. The quantitative estimate of drug-likeness (QED) is 0.717. The lowest BCUT2D eigenvalue weighted by molar-refractivity contribution is -0.129. The zero-order valence-corrected chi connectivity index (χ0v) is 16.0. The molecule has 0 aliphatic rings. The van der Waals surface area contributed by atoms with Gasteiger partial charge < -0.3 is 15.4 Å². The van der Waals surface area contributed by atoms with Gasteiger partial charge in [-0.1, -0.05) is 24.3 Å². The molecule has 0 fully saturated rings. The van der Waals surface area contributed by atoms with E-state index in [4.69, 9.17) is 4.74 Å². The Morgan fingerprint density at radius 2 is 1.61 bits per heavy atom. The van der Waals surface area contributed by atoms with Gasteiger partial charge in [0.25, 0.3) is 5.91 Å². The monoisotopic (exact) mass is 386 g/mol. The Labute approximate surface area is 163 Å². The van der Waals surface area contributed by atoms with Crippen LogP contribution in [0.25, 0.3) is 0 Å². The van der Waals surface area contributed by atoms with Gasteiger partial charge in [-0.15, -0.1) is 0 Å². The van der Waals surface area contributed by atoms with Crippen molar-refractivity contribution in [3.05, 3.63) is 71.0 Å². The molecule has 0 spiro atoms. The number of hydrogen-bond donors (Lipinski definition) is 2. The summed E-state index contributed by atoms with van der Waals surface area (Å²) in [4.78, 5) is 35.4. The second-order valence-corrected chi connectivity index (χ2v) is 6.44. The van der Waals surface area contributed by atoms with Crippen LogP contribution < -0.4 is 10.6 Å².